The molecule has 1 saturated heterocycles. The van der Waals surface area contributed by atoms with E-state index in [2.05, 4.69) is 5.32 Å². The zero-order chi connectivity index (χ0) is 24.7. The average molecular weight is 486 g/mol. The summed E-state index contributed by atoms with van der Waals surface area (Å²) in [7, 11) is 0. The number of carboxylic acid groups (broad SMARTS) is 1. The highest BCUT2D eigenvalue weighted by molar-refractivity contribution is 7.80. The quantitative estimate of drug-likeness (QED) is 0.250. The van der Waals surface area contributed by atoms with Crippen molar-refractivity contribution in [3.63, 3.8) is 0 Å². The highest BCUT2D eigenvalue weighted by atomic mass is 32.1. The Bertz CT molecular complexity index is 1540. The van der Waals surface area contributed by atoms with Crippen LogP contribution in [0.15, 0.2) is 76.9 Å². The van der Waals surface area contributed by atoms with E-state index in [1.54, 1.807) is 30.5 Å². The molecule has 4 aromatic rings. The fraction of sp³-hybridized carbons (Fsp3) is 0.0769. The summed E-state index contributed by atoms with van der Waals surface area (Å²) < 4.78 is 7.27. The zero-order valence-electron chi connectivity index (χ0n) is 18.5. The van der Waals surface area contributed by atoms with Crippen molar-refractivity contribution in [3.05, 3.63) is 95.1 Å². The summed E-state index contributed by atoms with van der Waals surface area (Å²) in [6.07, 6.45) is 3.34. The smallest absolute Gasteiger partial charge is 0.371 e. The maximum Gasteiger partial charge on any atom is 0.371 e. The Hall–Kier alpha value is -4.50. The van der Waals surface area contributed by atoms with Gasteiger partial charge in [-0.2, -0.15) is 0 Å². The molecular weight excluding hydrogens is 466 g/mol. The molecule has 0 atom stereocenters. The van der Waals surface area contributed by atoms with Gasteiger partial charge in [0.25, 0.3) is 11.8 Å². The molecule has 35 heavy (non-hydrogen) atoms. The molecule has 5 rings (SSSR count). The van der Waals surface area contributed by atoms with Crippen LogP contribution in [-0.2, 0) is 16.1 Å². The van der Waals surface area contributed by atoms with E-state index in [0.29, 0.717) is 17.0 Å². The van der Waals surface area contributed by atoms with Crippen molar-refractivity contribution in [2.45, 2.75) is 13.5 Å². The lowest BCUT2D eigenvalue weighted by Gasteiger charge is -2.29. The van der Waals surface area contributed by atoms with Crippen LogP contribution in [0, 0.1) is 6.92 Å². The van der Waals surface area contributed by atoms with Gasteiger partial charge in [-0.05, 0) is 55.5 Å². The summed E-state index contributed by atoms with van der Waals surface area (Å²) in [6, 6.07) is 17.8. The van der Waals surface area contributed by atoms with Crippen LogP contribution in [0.4, 0.5) is 5.69 Å². The Morgan fingerprint density at radius 2 is 1.83 bits per heavy atom. The van der Waals surface area contributed by atoms with Crippen LogP contribution in [0.2, 0.25) is 0 Å². The van der Waals surface area contributed by atoms with Gasteiger partial charge in [-0.25, -0.2) is 4.79 Å². The van der Waals surface area contributed by atoms with E-state index in [1.165, 1.54) is 11.0 Å². The third kappa shape index (κ3) is 4.13. The third-order valence-corrected chi connectivity index (χ3v) is 6.00. The molecular formula is C26H19N3O5S. The van der Waals surface area contributed by atoms with Crippen molar-refractivity contribution in [2.24, 2.45) is 0 Å². The van der Waals surface area contributed by atoms with Gasteiger partial charge in [-0.1, -0.05) is 35.9 Å². The maximum atomic E-state index is 13.4. The molecule has 9 heteroatoms. The fourth-order valence-electron chi connectivity index (χ4n) is 4.01. The van der Waals surface area contributed by atoms with Gasteiger partial charge in [-0.15, -0.1) is 0 Å². The summed E-state index contributed by atoms with van der Waals surface area (Å²) in [5.74, 6) is -1.91. The van der Waals surface area contributed by atoms with Gasteiger partial charge >= 0.3 is 5.97 Å². The number of carbonyl (C=O) groups excluding carboxylic acids is 2. The second kappa shape index (κ2) is 8.69. The van der Waals surface area contributed by atoms with E-state index in [0.717, 1.165) is 16.5 Å². The molecule has 0 saturated carbocycles. The Kier molecular flexibility index (Phi) is 5.54. The van der Waals surface area contributed by atoms with Crippen LogP contribution < -0.4 is 10.2 Å². The first-order valence-electron chi connectivity index (χ1n) is 10.7. The molecule has 2 aromatic heterocycles. The maximum absolute atomic E-state index is 13.4. The normalized spacial score (nSPS) is 15.2. The monoisotopic (exact) mass is 485 g/mol. The number of hydrogen-bond donors (Lipinski definition) is 2. The van der Waals surface area contributed by atoms with Crippen LogP contribution >= 0.6 is 12.2 Å². The van der Waals surface area contributed by atoms with Gasteiger partial charge in [0.2, 0.25) is 5.76 Å². The molecule has 2 N–H and O–H groups in total. The van der Waals surface area contributed by atoms with E-state index in [1.807, 2.05) is 47.9 Å². The molecule has 1 fully saturated rings. The number of aryl methyl sites for hydroxylation is 1. The van der Waals surface area contributed by atoms with Gasteiger partial charge < -0.3 is 14.1 Å². The number of para-hydroxylation sites is 1. The van der Waals surface area contributed by atoms with Crippen LogP contribution in [-0.4, -0.2) is 32.6 Å². The number of benzene rings is 2. The number of amides is 2. The van der Waals surface area contributed by atoms with Crippen LogP contribution in [0.1, 0.15) is 27.4 Å². The lowest BCUT2D eigenvalue weighted by Crippen LogP contribution is -2.54. The molecule has 174 valence electrons. The molecule has 0 bridgehead atoms. The predicted octanol–water partition coefficient (Wildman–Crippen LogP) is 4.12. The Labute approximate surface area is 205 Å². The van der Waals surface area contributed by atoms with Crippen molar-refractivity contribution in [2.75, 3.05) is 4.90 Å². The minimum absolute atomic E-state index is 0.0236. The number of furan rings is 1. The number of rotatable bonds is 5. The molecule has 1 aliphatic heterocycles. The standard InChI is InChI=1S/C26H19N3O5S/c1-15-6-8-17(9-7-15)29-24(31)20(23(30)27-26(29)35)12-16-13-28(21-5-3-2-4-19(16)21)14-18-10-11-22(34-18)25(32)33/h2-13H,14H2,1H3,(H,32,33)(H,27,30,35)/b20-12+. The average Bonchev–Trinajstić information content (AvgIpc) is 3.43. The van der Waals surface area contributed by atoms with Gasteiger partial charge in [0, 0.05) is 22.7 Å². The largest absolute Gasteiger partial charge is 0.475 e. The summed E-state index contributed by atoms with van der Waals surface area (Å²) >= 11 is 5.28. The summed E-state index contributed by atoms with van der Waals surface area (Å²) in [6.45, 7) is 2.21. The lowest BCUT2D eigenvalue weighted by molar-refractivity contribution is -0.122. The van der Waals surface area contributed by atoms with Gasteiger partial charge in [0.1, 0.15) is 11.3 Å². The van der Waals surface area contributed by atoms with E-state index in [9.17, 15) is 14.4 Å². The van der Waals surface area contributed by atoms with Gasteiger partial charge in [0.05, 0.1) is 12.2 Å². The number of anilines is 1. The molecule has 0 unspecified atom stereocenters. The molecule has 0 aliphatic carbocycles. The van der Waals surface area contributed by atoms with Crippen LogP contribution in [0.5, 0.6) is 0 Å². The second-order valence-electron chi connectivity index (χ2n) is 8.09. The lowest BCUT2D eigenvalue weighted by atomic mass is 10.1. The van der Waals surface area contributed by atoms with E-state index in [-0.39, 0.29) is 23.0 Å². The minimum Gasteiger partial charge on any atom is -0.475 e. The second-order valence-corrected chi connectivity index (χ2v) is 8.48. The number of thiocarbonyl (C=S) groups is 1. The highest BCUT2D eigenvalue weighted by Crippen LogP contribution is 2.27. The number of carbonyl (C=O) groups is 3. The number of nitrogens with zero attached hydrogens (tertiary/aromatic N) is 2. The van der Waals surface area contributed by atoms with Crippen molar-refractivity contribution in [1.29, 1.82) is 0 Å². The van der Waals surface area contributed by atoms with Crippen molar-refractivity contribution < 1.29 is 23.9 Å². The highest BCUT2D eigenvalue weighted by Gasteiger charge is 2.34. The molecule has 2 amide bonds. The first-order chi connectivity index (χ1) is 16.8. The predicted molar refractivity (Wildman–Crippen MR) is 134 cm³/mol. The molecule has 2 aromatic carbocycles. The van der Waals surface area contributed by atoms with E-state index >= 15 is 0 Å². The Morgan fingerprint density at radius 3 is 2.54 bits per heavy atom. The number of carboxylic acids is 1. The van der Waals surface area contributed by atoms with Crippen molar-refractivity contribution in [1.82, 2.24) is 9.88 Å². The number of nitrogens with one attached hydrogen (secondary N) is 1. The summed E-state index contributed by atoms with van der Waals surface area (Å²) in [4.78, 5) is 38.6. The zero-order valence-corrected chi connectivity index (χ0v) is 19.3. The minimum atomic E-state index is -1.14. The van der Waals surface area contributed by atoms with E-state index in [4.69, 9.17) is 21.7 Å². The summed E-state index contributed by atoms with van der Waals surface area (Å²) in [5.41, 5.74) is 3.03. The molecule has 8 nitrogen and oxygen atoms in total. The molecule has 1 aliphatic rings. The fourth-order valence-corrected chi connectivity index (χ4v) is 4.29. The Morgan fingerprint density at radius 1 is 1.09 bits per heavy atom. The number of aromatic nitrogens is 1. The van der Waals surface area contributed by atoms with Gasteiger partial charge in [-0.3, -0.25) is 19.8 Å². The van der Waals surface area contributed by atoms with Crippen LogP contribution in [0.25, 0.3) is 17.0 Å². The van der Waals surface area contributed by atoms with E-state index < -0.39 is 17.8 Å². The van der Waals surface area contributed by atoms with Crippen molar-refractivity contribution >= 4 is 57.8 Å². The number of hydrogen-bond acceptors (Lipinski definition) is 5. The molecule has 0 radical (unpaired) electrons. The third-order valence-electron chi connectivity index (χ3n) is 5.71. The van der Waals surface area contributed by atoms with Crippen LogP contribution in [0.3, 0.4) is 0 Å². The molecule has 0 spiro atoms. The number of fused-ring (bicyclic) bond motifs is 1. The number of aromatic carboxylic acids is 1. The first kappa shape index (κ1) is 22.3. The Balaban J connectivity index is 1.54. The SMILES string of the molecule is Cc1ccc(N2C(=O)/C(=C/c3cn(Cc4ccc(C(=O)O)o4)c4ccccc34)C(=O)NC2=S)cc1. The van der Waals surface area contributed by atoms with Gasteiger partial charge in [0.15, 0.2) is 5.11 Å². The van der Waals surface area contributed by atoms with Crippen molar-refractivity contribution in [3.8, 4) is 0 Å². The topological polar surface area (TPSA) is 105 Å². The molecule has 3 heterocycles. The first-order valence-corrected chi connectivity index (χ1v) is 11.1. The summed E-state index contributed by atoms with van der Waals surface area (Å²) in [5, 5.41) is 12.6.